The van der Waals surface area contributed by atoms with Gasteiger partial charge in [0.2, 0.25) is 0 Å². The highest BCUT2D eigenvalue weighted by atomic mass is 35.5. The molecule has 2 amide bonds. The molecule has 4 N–H and O–H groups in total. The molecule has 0 bridgehead atoms. The van der Waals surface area contributed by atoms with Crippen molar-refractivity contribution in [1.82, 2.24) is 10.3 Å². The Morgan fingerprint density at radius 1 is 1.17 bits per heavy atom. The van der Waals surface area contributed by atoms with Crippen molar-refractivity contribution in [1.29, 1.82) is 0 Å². The van der Waals surface area contributed by atoms with Crippen molar-refractivity contribution in [2.45, 2.75) is 31.4 Å². The lowest BCUT2D eigenvalue weighted by atomic mass is 10.1. The van der Waals surface area contributed by atoms with Gasteiger partial charge in [-0.2, -0.15) is 0 Å². The van der Waals surface area contributed by atoms with E-state index in [1.807, 2.05) is 0 Å². The number of carbonyl (C=O) groups is 2. The summed E-state index contributed by atoms with van der Waals surface area (Å²) in [6.45, 7) is -0.220. The van der Waals surface area contributed by atoms with Gasteiger partial charge >= 0.3 is 12.0 Å². The van der Waals surface area contributed by atoms with Crippen LogP contribution in [0.1, 0.15) is 19.3 Å². The molecule has 3 aromatic rings. The molecule has 1 atom stereocenters. The number of pyridine rings is 1. The van der Waals surface area contributed by atoms with Crippen LogP contribution in [0, 0.1) is 0 Å². The molecule has 1 aromatic heterocycles. The first-order valence-corrected chi connectivity index (χ1v) is 11.2. The number of nitrogens with zero attached hydrogens (tertiary/aromatic N) is 1. The predicted octanol–water partition coefficient (Wildman–Crippen LogP) is 4.19. The van der Waals surface area contributed by atoms with E-state index in [2.05, 4.69) is 15.6 Å². The van der Waals surface area contributed by atoms with Crippen LogP contribution in [-0.2, 0) is 4.79 Å². The Labute approximate surface area is 205 Å². The first kappa shape index (κ1) is 24.4. The number of fused-ring (bicyclic) bond motifs is 1. The molecule has 2 aromatic carbocycles. The van der Waals surface area contributed by atoms with Crippen molar-refractivity contribution in [3.05, 3.63) is 47.6 Å². The van der Waals surface area contributed by atoms with Gasteiger partial charge in [-0.05, 0) is 37.1 Å². The number of nitrogens with one attached hydrogen (secondary N) is 2. The first-order chi connectivity index (χ1) is 16.8. The van der Waals surface area contributed by atoms with E-state index in [1.54, 1.807) is 42.6 Å². The van der Waals surface area contributed by atoms with E-state index >= 15 is 0 Å². The van der Waals surface area contributed by atoms with Crippen molar-refractivity contribution in [2.24, 2.45) is 0 Å². The summed E-state index contributed by atoms with van der Waals surface area (Å²) in [4.78, 5) is 27.1. The van der Waals surface area contributed by atoms with Crippen molar-refractivity contribution in [3.8, 4) is 23.0 Å². The number of benzene rings is 2. The molecule has 1 aliphatic rings. The van der Waals surface area contributed by atoms with Crippen LogP contribution in [-0.4, -0.2) is 53.1 Å². The summed E-state index contributed by atoms with van der Waals surface area (Å²) in [5.41, 5.74) is 0.998. The van der Waals surface area contributed by atoms with Crippen LogP contribution in [0.2, 0.25) is 5.02 Å². The maximum absolute atomic E-state index is 12.0. The van der Waals surface area contributed by atoms with Crippen molar-refractivity contribution in [3.63, 3.8) is 0 Å². The number of carboxylic acids is 1. The summed E-state index contributed by atoms with van der Waals surface area (Å²) in [5, 5.41) is 25.1. The molecule has 4 rings (SSSR count). The van der Waals surface area contributed by atoms with Gasteiger partial charge in [-0.25, -0.2) is 4.79 Å². The molecule has 184 valence electrons. The van der Waals surface area contributed by atoms with Gasteiger partial charge < -0.3 is 35.1 Å². The number of hydrogen-bond acceptors (Lipinski definition) is 7. The number of carboxylic acid groups (broad SMARTS) is 1. The van der Waals surface area contributed by atoms with Crippen LogP contribution in [0.5, 0.6) is 23.0 Å². The van der Waals surface area contributed by atoms with E-state index in [1.165, 1.54) is 7.11 Å². The van der Waals surface area contributed by atoms with E-state index < -0.39 is 18.5 Å². The van der Waals surface area contributed by atoms with Gasteiger partial charge in [0.05, 0.1) is 35.9 Å². The lowest BCUT2D eigenvalue weighted by molar-refractivity contribution is -0.139. The third-order valence-corrected chi connectivity index (χ3v) is 5.47. The van der Waals surface area contributed by atoms with E-state index in [-0.39, 0.29) is 18.7 Å². The molecule has 10 nitrogen and oxygen atoms in total. The van der Waals surface area contributed by atoms with Crippen molar-refractivity contribution in [2.75, 3.05) is 19.0 Å². The maximum Gasteiger partial charge on any atom is 0.319 e. The Balaban J connectivity index is 1.51. The summed E-state index contributed by atoms with van der Waals surface area (Å²) in [5.74, 6) is 0.468. The molecule has 11 heteroatoms. The third kappa shape index (κ3) is 6.43. The Bertz CT molecular complexity index is 1250. The topological polar surface area (TPSA) is 139 Å². The number of hydrogen-bond donors (Lipinski definition) is 4. The molecular weight excluding hydrogens is 478 g/mol. The maximum atomic E-state index is 12.0. The second-order valence-electron chi connectivity index (χ2n) is 8.01. The van der Waals surface area contributed by atoms with Crippen LogP contribution < -0.4 is 24.8 Å². The molecule has 0 saturated heterocycles. The standard InChI is InChI=1S/C24H24ClN3O7/c1-33-21-10-16-19(11-22(21)34-12-14(29)8-23(30)31)26-7-6-20(16)35-15-4-5-18(17(25)9-15)28-24(32)27-13-2-3-13/h4-7,9-11,13-14,29H,2-3,8,12H2,1H3,(H,30,31)(H2,27,28,32). The minimum absolute atomic E-state index is 0.220. The number of aliphatic hydroxyl groups excluding tert-OH is 1. The van der Waals surface area contributed by atoms with E-state index in [0.29, 0.717) is 44.6 Å². The number of rotatable bonds is 10. The molecule has 0 spiro atoms. The van der Waals surface area contributed by atoms with Crippen molar-refractivity contribution >= 4 is 40.2 Å². The third-order valence-electron chi connectivity index (χ3n) is 5.16. The van der Waals surface area contributed by atoms with Gasteiger partial charge in [-0.15, -0.1) is 0 Å². The zero-order chi connectivity index (χ0) is 24.9. The number of anilines is 1. The molecule has 1 unspecified atom stereocenters. The number of carbonyl (C=O) groups excluding carboxylic acids is 1. The molecule has 1 heterocycles. The first-order valence-electron chi connectivity index (χ1n) is 10.9. The normalized spacial score (nSPS) is 13.7. The zero-order valence-electron chi connectivity index (χ0n) is 18.8. The average Bonchev–Trinajstić information content (AvgIpc) is 3.62. The van der Waals surface area contributed by atoms with Gasteiger partial charge in [-0.3, -0.25) is 9.78 Å². The highest BCUT2D eigenvalue weighted by Gasteiger charge is 2.23. The Kier molecular flexibility index (Phi) is 7.42. The lowest BCUT2D eigenvalue weighted by Crippen LogP contribution is -2.30. The predicted molar refractivity (Wildman–Crippen MR) is 129 cm³/mol. The fourth-order valence-corrected chi connectivity index (χ4v) is 3.51. The largest absolute Gasteiger partial charge is 0.493 e. The van der Waals surface area contributed by atoms with Gasteiger partial charge in [0.15, 0.2) is 11.5 Å². The molecule has 0 radical (unpaired) electrons. The van der Waals surface area contributed by atoms with Crippen LogP contribution in [0.25, 0.3) is 10.9 Å². The zero-order valence-corrected chi connectivity index (χ0v) is 19.5. The van der Waals surface area contributed by atoms with Crippen molar-refractivity contribution < 1.29 is 34.0 Å². The summed E-state index contributed by atoms with van der Waals surface area (Å²) in [7, 11) is 1.46. The summed E-state index contributed by atoms with van der Waals surface area (Å²) in [6, 6.07) is 9.84. The molecule has 1 saturated carbocycles. The minimum atomic E-state index is -1.17. The van der Waals surface area contributed by atoms with E-state index in [4.69, 9.17) is 30.9 Å². The Morgan fingerprint density at radius 3 is 2.66 bits per heavy atom. The lowest BCUT2D eigenvalue weighted by Gasteiger charge is -2.15. The fraction of sp³-hybridized carbons (Fsp3) is 0.292. The van der Waals surface area contributed by atoms with Crippen LogP contribution in [0.3, 0.4) is 0 Å². The number of ether oxygens (including phenoxy) is 3. The summed E-state index contributed by atoms with van der Waals surface area (Å²) < 4.78 is 17.0. The smallest absolute Gasteiger partial charge is 0.319 e. The molecule has 35 heavy (non-hydrogen) atoms. The number of halogens is 1. The number of aromatic nitrogens is 1. The van der Waals surface area contributed by atoms with E-state index in [9.17, 15) is 14.7 Å². The molecule has 1 aliphatic carbocycles. The number of methoxy groups -OCH3 is 1. The molecule has 0 aliphatic heterocycles. The second kappa shape index (κ2) is 10.7. The number of aliphatic carboxylic acids is 1. The highest BCUT2D eigenvalue weighted by molar-refractivity contribution is 6.33. The minimum Gasteiger partial charge on any atom is -0.493 e. The summed E-state index contributed by atoms with van der Waals surface area (Å²) in [6.07, 6.45) is 1.93. The van der Waals surface area contributed by atoms with Gasteiger partial charge in [0, 0.05) is 29.8 Å². The fourth-order valence-electron chi connectivity index (χ4n) is 3.30. The molecular formula is C24H24ClN3O7. The van der Waals surface area contributed by atoms with Gasteiger partial charge in [0.1, 0.15) is 18.1 Å². The number of aliphatic hydroxyl groups is 1. The quantitative estimate of drug-likeness (QED) is 0.324. The summed E-state index contributed by atoms with van der Waals surface area (Å²) >= 11 is 6.34. The highest BCUT2D eigenvalue weighted by Crippen LogP contribution is 2.38. The molecule has 1 fully saturated rings. The van der Waals surface area contributed by atoms with Crippen LogP contribution in [0.4, 0.5) is 10.5 Å². The van der Waals surface area contributed by atoms with Gasteiger partial charge in [-0.1, -0.05) is 11.6 Å². The second-order valence-corrected chi connectivity index (χ2v) is 8.42. The Morgan fingerprint density at radius 2 is 1.97 bits per heavy atom. The number of amides is 2. The SMILES string of the molecule is COc1cc2c(Oc3ccc(NC(=O)NC4CC4)c(Cl)c3)ccnc2cc1OCC(O)CC(=O)O. The average molecular weight is 502 g/mol. The van der Waals surface area contributed by atoms with Gasteiger partial charge in [0.25, 0.3) is 0 Å². The monoisotopic (exact) mass is 501 g/mol. The van der Waals surface area contributed by atoms with Crippen LogP contribution in [0.15, 0.2) is 42.6 Å². The van der Waals surface area contributed by atoms with E-state index in [0.717, 1.165) is 12.8 Å². The van der Waals surface area contributed by atoms with Crippen LogP contribution >= 0.6 is 11.6 Å². The Hall–Kier alpha value is -3.76. The number of urea groups is 1.